The molecular weight excluding hydrogens is 414 g/mol. The summed E-state index contributed by atoms with van der Waals surface area (Å²) in [5.74, 6) is 0.333. The molecule has 0 unspecified atom stereocenters. The lowest BCUT2D eigenvalue weighted by Gasteiger charge is -2.23. The van der Waals surface area contributed by atoms with Gasteiger partial charge < -0.3 is 10.4 Å². The summed E-state index contributed by atoms with van der Waals surface area (Å²) in [6.45, 7) is 0.680. The molecule has 0 atom stereocenters. The molecule has 0 saturated carbocycles. The molecule has 0 heterocycles. The maximum absolute atomic E-state index is 11.9. The van der Waals surface area contributed by atoms with Crippen LogP contribution < -0.4 is 5.32 Å². The van der Waals surface area contributed by atoms with E-state index >= 15 is 0 Å². The van der Waals surface area contributed by atoms with Crippen LogP contribution in [0.2, 0.25) is 0 Å². The molecule has 34 heavy (non-hydrogen) atoms. The van der Waals surface area contributed by atoms with E-state index in [4.69, 9.17) is 0 Å². The third-order valence-electron chi connectivity index (χ3n) is 6.67. The fourth-order valence-electron chi connectivity index (χ4n) is 5.13. The van der Waals surface area contributed by atoms with Crippen molar-refractivity contribution < 1.29 is 5.11 Å². The van der Waals surface area contributed by atoms with Crippen molar-refractivity contribution in [2.24, 2.45) is 0 Å². The minimum atomic E-state index is 0.333. The maximum Gasteiger partial charge on any atom is 0.133 e. The van der Waals surface area contributed by atoms with E-state index in [1.165, 1.54) is 27.8 Å². The number of aromatic hydroxyl groups is 1. The number of hydrogen-bond donors (Lipinski definition) is 2. The van der Waals surface area contributed by atoms with Gasteiger partial charge in [0, 0.05) is 23.2 Å². The van der Waals surface area contributed by atoms with Crippen LogP contribution in [0.5, 0.6) is 5.75 Å². The quantitative estimate of drug-likeness (QED) is 0.286. The van der Waals surface area contributed by atoms with Crippen LogP contribution in [0.3, 0.4) is 0 Å². The van der Waals surface area contributed by atoms with Gasteiger partial charge in [-0.15, -0.1) is 0 Å². The summed E-state index contributed by atoms with van der Waals surface area (Å²) in [5, 5.41) is 15.6. The second-order valence-corrected chi connectivity index (χ2v) is 8.73. The van der Waals surface area contributed by atoms with Crippen LogP contribution >= 0.6 is 0 Å². The third-order valence-corrected chi connectivity index (χ3v) is 6.67. The Morgan fingerprint density at radius 1 is 0.588 bits per heavy atom. The smallest absolute Gasteiger partial charge is 0.133 e. The molecule has 164 valence electrons. The summed E-state index contributed by atoms with van der Waals surface area (Å²) < 4.78 is 0. The lowest BCUT2D eigenvalue weighted by atomic mass is 9.87. The highest BCUT2D eigenvalue weighted by Crippen LogP contribution is 2.55. The molecule has 0 spiro atoms. The van der Waals surface area contributed by atoms with Crippen LogP contribution in [0.15, 0.2) is 115 Å². The molecule has 1 aliphatic rings. The van der Waals surface area contributed by atoms with E-state index in [1.54, 1.807) is 0 Å². The minimum absolute atomic E-state index is 0.333. The molecule has 2 N–H and O–H groups in total. The van der Waals surface area contributed by atoms with Gasteiger partial charge in [-0.05, 0) is 39.8 Å². The molecule has 2 heteroatoms. The molecule has 0 aromatic heterocycles. The summed E-state index contributed by atoms with van der Waals surface area (Å²) in [5.41, 5.74) is 10.9. The monoisotopic (exact) mass is 439 g/mol. The summed E-state index contributed by atoms with van der Waals surface area (Å²) >= 11 is 0. The fourth-order valence-corrected chi connectivity index (χ4v) is 5.13. The first kappa shape index (κ1) is 20.3. The number of nitrogens with one attached hydrogen (secondary N) is 1. The molecule has 0 radical (unpaired) electrons. The molecule has 1 aliphatic carbocycles. The SMILES string of the molecule is Oc1c(-c2ccccc2)c2c(c(NCc3ccccc3)c1-c1ccccc1)-c1ccccc1C2. The van der Waals surface area contributed by atoms with E-state index in [-0.39, 0.29) is 0 Å². The zero-order valence-electron chi connectivity index (χ0n) is 18.8. The van der Waals surface area contributed by atoms with Gasteiger partial charge in [0.25, 0.3) is 0 Å². The van der Waals surface area contributed by atoms with Gasteiger partial charge in [-0.2, -0.15) is 0 Å². The average Bonchev–Trinajstić information content (AvgIpc) is 3.28. The Morgan fingerprint density at radius 2 is 1.15 bits per heavy atom. The number of phenolic OH excluding ortho intramolecular Hbond substituents is 1. The van der Waals surface area contributed by atoms with Crippen molar-refractivity contribution in [2.75, 3.05) is 5.32 Å². The van der Waals surface area contributed by atoms with E-state index < -0.39 is 0 Å². The number of fused-ring (bicyclic) bond motifs is 3. The summed E-state index contributed by atoms with van der Waals surface area (Å²) in [6, 6.07) is 39.5. The van der Waals surface area contributed by atoms with Gasteiger partial charge in [0.2, 0.25) is 0 Å². The molecule has 0 aliphatic heterocycles. The molecular formula is C32H25NO. The first-order valence-electron chi connectivity index (χ1n) is 11.7. The van der Waals surface area contributed by atoms with Crippen molar-refractivity contribution in [3.8, 4) is 39.1 Å². The first-order valence-corrected chi connectivity index (χ1v) is 11.7. The number of hydrogen-bond acceptors (Lipinski definition) is 2. The minimum Gasteiger partial charge on any atom is -0.507 e. The van der Waals surface area contributed by atoms with Gasteiger partial charge in [-0.25, -0.2) is 0 Å². The summed E-state index contributed by atoms with van der Waals surface area (Å²) in [4.78, 5) is 0. The zero-order valence-corrected chi connectivity index (χ0v) is 18.8. The molecule has 0 fully saturated rings. The van der Waals surface area contributed by atoms with Crippen LogP contribution in [0.4, 0.5) is 5.69 Å². The Labute approximate surface area is 200 Å². The highest BCUT2D eigenvalue weighted by Gasteiger charge is 2.31. The average molecular weight is 440 g/mol. The van der Waals surface area contributed by atoms with Gasteiger partial charge in [0.1, 0.15) is 5.75 Å². The van der Waals surface area contributed by atoms with Crippen LogP contribution in [0.25, 0.3) is 33.4 Å². The Morgan fingerprint density at radius 3 is 1.82 bits per heavy atom. The van der Waals surface area contributed by atoms with Gasteiger partial charge in [-0.1, -0.05) is 115 Å². The maximum atomic E-state index is 11.9. The van der Waals surface area contributed by atoms with Gasteiger partial charge in [0.15, 0.2) is 0 Å². The van der Waals surface area contributed by atoms with E-state index in [1.807, 2.05) is 42.5 Å². The van der Waals surface area contributed by atoms with E-state index in [0.717, 1.165) is 34.4 Å². The second kappa shape index (κ2) is 8.57. The Kier molecular flexibility index (Phi) is 5.12. The van der Waals surface area contributed by atoms with E-state index in [9.17, 15) is 5.11 Å². The molecule has 6 rings (SSSR count). The standard InChI is InChI=1S/C32H25NO/c34-32-28(23-14-6-2-7-15-23)27-20-25-18-10-11-19-26(25)30(27)31(29(32)24-16-8-3-9-17-24)33-21-22-12-4-1-5-13-22/h1-19,33-34H,20-21H2. The van der Waals surface area contributed by atoms with Crippen molar-refractivity contribution in [3.63, 3.8) is 0 Å². The molecule has 0 saturated heterocycles. The van der Waals surface area contributed by atoms with Crippen molar-refractivity contribution in [1.82, 2.24) is 0 Å². The summed E-state index contributed by atoms with van der Waals surface area (Å²) in [6.07, 6.45) is 0.804. The third kappa shape index (κ3) is 3.45. The van der Waals surface area contributed by atoms with Gasteiger partial charge in [-0.3, -0.25) is 0 Å². The second-order valence-electron chi connectivity index (χ2n) is 8.73. The van der Waals surface area contributed by atoms with Crippen molar-refractivity contribution >= 4 is 5.69 Å². The van der Waals surface area contributed by atoms with E-state index in [0.29, 0.717) is 12.3 Å². The summed E-state index contributed by atoms with van der Waals surface area (Å²) in [7, 11) is 0. The van der Waals surface area contributed by atoms with Gasteiger partial charge in [0.05, 0.1) is 5.69 Å². The Hall–Kier alpha value is -4.30. The molecule has 2 nitrogen and oxygen atoms in total. The first-order chi connectivity index (χ1) is 16.8. The Balaban J connectivity index is 1.65. The Bertz CT molecular complexity index is 1450. The number of anilines is 1. The molecule has 5 aromatic rings. The molecule has 0 bridgehead atoms. The number of rotatable bonds is 5. The largest absolute Gasteiger partial charge is 0.507 e. The lowest BCUT2D eigenvalue weighted by Crippen LogP contribution is -2.05. The highest BCUT2D eigenvalue weighted by molar-refractivity contribution is 6.04. The molecule has 0 amide bonds. The van der Waals surface area contributed by atoms with Crippen LogP contribution in [0, 0.1) is 0 Å². The van der Waals surface area contributed by atoms with Crippen molar-refractivity contribution in [3.05, 3.63) is 132 Å². The van der Waals surface area contributed by atoms with Crippen LogP contribution in [0.1, 0.15) is 16.7 Å². The number of benzene rings is 5. The normalized spacial score (nSPS) is 11.6. The van der Waals surface area contributed by atoms with Crippen molar-refractivity contribution in [2.45, 2.75) is 13.0 Å². The van der Waals surface area contributed by atoms with Crippen molar-refractivity contribution in [1.29, 1.82) is 0 Å². The van der Waals surface area contributed by atoms with E-state index in [2.05, 4.69) is 78.1 Å². The lowest BCUT2D eigenvalue weighted by molar-refractivity contribution is 0.479. The van der Waals surface area contributed by atoms with Crippen LogP contribution in [-0.4, -0.2) is 5.11 Å². The predicted octanol–water partition coefficient (Wildman–Crippen LogP) is 7.91. The zero-order chi connectivity index (χ0) is 22.9. The highest BCUT2D eigenvalue weighted by atomic mass is 16.3. The fraction of sp³-hybridized carbons (Fsp3) is 0.0625. The van der Waals surface area contributed by atoms with Crippen LogP contribution in [-0.2, 0) is 13.0 Å². The predicted molar refractivity (Wildman–Crippen MR) is 141 cm³/mol. The number of phenols is 1. The molecule has 5 aromatic carbocycles. The van der Waals surface area contributed by atoms with Gasteiger partial charge >= 0.3 is 0 Å². The topological polar surface area (TPSA) is 32.3 Å².